The molecule has 0 aliphatic carbocycles. The van der Waals surface area contributed by atoms with Crippen LogP contribution < -0.4 is 14.8 Å². The monoisotopic (exact) mass is 366 g/mol. The highest BCUT2D eigenvalue weighted by molar-refractivity contribution is 5.91. The molecule has 1 N–H and O–H groups in total. The Morgan fingerprint density at radius 1 is 1.07 bits per heavy atom. The van der Waals surface area contributed by atoms with E-state index in [9.17, 15) is 9.18 Å². The lowest BCUT2D eigenvalue weighted by Gasteiger charge is -2.09. The number of methoxy groups -OCH3 is 1. The summed E-state index contributed by atoms with van der Waals surface area (Å²) in [5, 5.41) is 2.83. The van der Waals surface area contributed by atoms with Crippen molar-refractivity contribution in [3.8, 4) is 17.2 Å². The molecule has 0 unspecified atom stereocenters. The minimum atomic E-state index is -0.434. The number of nitrogens with one attached hydrogen (secondary N) is 1. The van der Waals surface area contributed by atoms with E-state index in [-0.39, 0.29) is 18.1 Å². The number of hydrogen-bond acceptors (Lipinski definition) is 4. The van der Waals surface area contributed by atoms with Crippen molar-refractivity contribution in [1.29, 1.82) is 0 Å². The van der Waals surface area contributed by atoms with Gasteiger partial charge in [0.15, 0.2) is 11.6 Å². The van der Waals surface area contributed by atoms with Crippen molar-refractivity contribution in [3.63, 3.8) is 0 Å². The number of nitrogens with zero attached hydrogens (tertiary/aromatic N) is 1. The van der Waals surface area contributed by atoms with Gasteiger partial charge in [-0.1, -0.05) is 12.1 Å². The Morgan fingerprint density at radius 3 is 2.63 bits per heavy atom. The number of benzene rings is 2. The topological polar surface area (TPSA) is 60.5 Å². The summed E-state index contributed by atoms with van der Waals surface area (Å²) < 4.78 is 24.3. The minimum Gasteiger partial charge on any atom is -0.494 e. The molecule has 1 aromatic heterocycles. The first-order valence-corrected chi connectivity index (χ1v) is 8.44. The number of amides is 1. The van der Waals surface area contributed by atoms with Crippen molar-refractivity contribution < 1.29 is 18.7 Å². The molecule has 3 rings (SSSR count). The number of aryl methyl sites for hydroxylation is 1. The standard InChI is InChI=1S/C21H19FN2O3/c1-26-20-7-5-15(13-19(20)22)6-8-21(25)24-16-3-2-4-18(14-16)27-17-9-11-23-12-10-17/h2-5,7,9-14H,6,8H2,1H3,(H,24,25). The van der Waals surface area contributed by atoms with Gasteiger partial charge < -0.3 is 14.8 Å². The second-order valence-electron chi connectivity index (χ2n) is 5.83. The molecule has 1 amide bonds. The minimum absolute atomic E-state index is 0.160. The number of ether oxygens (including phenoxy) is 2. The first kappa shape index (κ1) is 18.4. The van der Waals surface area contributed by atoms with Gasteiger partial charge in [-0.2, -0.15) is 0 Å². The predicted octanol–water partition coefficient (Wildman–Crippen LogP) is 4.59. The predicted molar refractivity (Wildman–Crippen MR) is 101 cm³/mol. The SMILES string of the molecule is COc1ccc(CCC(=O)Nc2cccc(Oc3ccncc3)c2)cc1F. The van der Waals surface area contributed by atoms with E-state index in [0.717, 1.165) is 5.56 Å². The molecule has 0 bridgehead atoms. The number of anilines is 1. The lowest BCUT2D eigenvalue weighted by molar-refractivity contribution is -0.116. The second kappa shape index (κ2) is 8.80. The number of pyridine rings is 1. The maximum atomic E-state index is 13.7. The Morgan fingerprint density at radius 2 is 1.89 bits per heavy atom. The molecule has 0 spiro atoms. The Balaban J connectivity index is 1.56. The summed E-state index contributed by atoms with van der Waals surface area (Å²) in [5.41, 5.74) is 1.37. The first-order valence-electron chi connectivity index (χ1n) is 8.44. The van der Waals surface area contributed by atoms with Gasteiger partial charge in [-0.3, -0.25) is 9.78 Å². The largest absolute Gasteiger partial charge is 0.494 e. The van der Waals surface area contributed by atoms with E-state index >= 15 is 0 Å². The third kappa shape index (κ3) is 5.28. The Hall–Kier alpha value is -3.41. The van der Waals surface area contributed by atoms with E-state index in [2.05, 4.69) is 10.3 Å². The van der Waals surface area contributed by atoms with Gasteiger partial charge in [0.1, 0.15) is 11.5 Å². The fraction of sp³-hybridized carbons (Fsp3) is 0.143. The number of aromatic nitrogens is 1. The fourth-order valence-corrected chi connectivity index (χ4v) is 2.53. The van der Waals surface area contributed by atoms with Crippen LogP contribution in [0.15, 0.2) is 67.0 Å². The molecule has 0 aliphatic heterocycles. The van der Waals surface area contributed by atoms with E-state index in [0.29, 0.717) is 23.6 Å². The zero-order chi connectivity index (χ0) is 19.1. The van der Waals surface area contributed by atoms with E-state index in [1.807, 2.05) is 0 Å². The molecule has 27 heavy (non-hydrogen) atoms. The van der Waals surface area contributed by atoms with Crippen molar-refractivity contribution in [3.05, 3.63) is 78.4 Å². The lowest BCUT2D eigenvalue weighted by Crippen LogP contribution is -2.12. The smallest absolute Gasteiger partial charge is 0.224 e. The van der Waals surface area contributed by atoms with Gasteiger partial charge in [-0.05, 0) is 48.4 Å². The summed E-state index contributed by atoms with van der Waals surface area (Å²) in [7, 11) is 1.41. The van der Waals surface area contributed by atoms with Gasteiger partial charge in [0.05, 0.1) is 7.11 Å². The highest BCUT2D eigenvalue weighted by atomic mass is 19.1. The number of carbonyl (C=O) groups excluding carboxylic acids is 1. The van der Waals surface area contributed by atoms with Crippen molar-refractivity contribution in [2.45, 2.75) is 12.8 Å². The number of halogens is 1. The third-order valence-corrected chi connectivity index (χ3v) is 3.86. The Bertz CT molecular complexity index is 916. The van der Waals surface area contributed by atoms with Crippen LogP contribution in [-0.2, 0) is 11.2 Å². The highest BCUT2D eigenvalue weighted by Gasteiger charge is 2.07. The summed E-state index contributed by atoms with van der Waals surface area (Å²) in [5.74, 6) is 0.865. The zero-order valence-corrected chi connectivity index (χ0v) is 14.8. The van der Waals surface area contributed by atoms with Crippen LogP contribution in [-0.4, -0.2) is 18.0 Å². The maximum absolute atomic E-state index is 13.7. The molecule has 2 aromatic carbocycles. The average Bonchev–Trinajstić information content (AvgIpc) is 2.67. The Kier molecular flexibility index (Phi) is 5.99. The molecule has 138 valence electrons. The van der Waals surface area contributed by atoms with Crippen LogP contribution in [0.3, 0.4) is 0 Å². The molecule has 6 heteroatoms. The number of rotatable bonds is 7. The zero-order valence-electron chi connectivity index (χ0n) is 14.8. The summed E-state index contributed by atoms with van der Waals surface area (Å²) in [6, 6.07) is 15.3. The van der Waals surface area contributed by atoms with Gasteiger partial charge in [-0.25, -0.2) is 4.39 Å². The molecule has 0 atom stereocenters. The van der Waals surface area contributed by atoms with Gasteiger partial charge >= 0.3 is 0 Å². The third-order valence-electron chi connectivity index (χ3n) is 3.86. The normalized spacial score (nSPS) is 10.3. The molecule has 0 fully saturated rings. The number of carbonyl (C=O) groups is 1. The van der Waals surface area contributed by atoms with Gasteiger partial charge in [0.25, 0.3) is 0 Å². The molecule has 1 heterocycles. The lowest BCUT2D eigenvalue weighted by atomic mass is 10.1. The van der Waals surface area contributed by atoms with Crippen molar-refractivity contribution in [1.82, 2.24) is 4.98 Å². The number of hydrogen-bond donors (Lipinski definition) is 1. The van der Waals surface area contributed by atoms with Crippen LogP contribution in [0.2, 0.25) is 0 Å². The van der Waals surface area contributed by atoms with Gasteiger partial charge in [0, 0.05) is 30.6 Å². The molecule has 3 aromatic rings. The second-order valence-corrected chi connectivity index (χ2v) is 5.83. The first-order chi connectivity index (χ1) is 13.1. The van der Waals surface area contributed by atoms with Crippen LogP contribution in [0.4, 0.5) is 10.1 Å². The van der Waals surface area contributed by atoms with Crippen molar-refractivity contribution >= 4 is 11.6 Å². The van der Waals surface area contributed by atoms with Crippen molar-refractivity contribution in [2.24, 2.45) is 0 Å². The fourth-order valence-electron chi connectivity index (χ4n) is 2.53. The average molecular weight is 366 g/mol. The molecule has 0 aliphatic rings. The molecule has 0 radical (unpaired) electrons. The van der Waals surface area contributed by atoms with Gasteiger partial charge in [-0.15, -0.1) is 0 Å². The summed E-state index contributed by atoms with van der Waals surface area (Å²) in [6.07, 6.45) is 3.95. The molecule has 5 nitrogen and oxygen atoms in total. The maximum Gasteiger partial charge on any atom is 0.224 e. The summed E-state index contributed by atoms with van der Waals surface area (Å²) >= 11 is 0. The van der Waals surface area contributed by atoms with E-state index in [4.69, 9.17) is 9.47 Å². The van der Waals surface area contributed by atoms with Gasteiger partial charge in [0.2, 0.25) is 5.91 Å². The quantitative estimate of drug-likeness (QED) is 0.664. The van der Waals surface area contributed by atoms with E-state index < -0.39 is 5.82 Å². The summed E-state index contributed by atoms with van der Waals surface area (Å²) in [6.45, 7) is 0. The van der Waals surface area contributed by atoms with Crippen LogP contribution in [0.1, 0.15) is 12.0 Å². The molecule has 0 saturated carbocycles. The van der Waals surface area contributed by atoms with Crippen molar-refractivity contribution in [2.75, 3.05) is 12.4 Å². The van der Waals surface area contributed by atoms with E-state index in [1.54, 1.807) is 60.9 Å². The molecular formula is C21H19FN2O3. The van der Waals surface area contributed by atoms with E-state index in [1.165, 1.54) is 13.2 Å². The van der Waals surface area contributed by atoms with Crippen LogP contribution >= 0.6 is 0 Å². The van der Waals surface area contributed by atoms with Crippen LogP contribution in [0.5, 0.6) is 17.2 Å². The Labute approximate surface area is 156 Å². The molecular weight excluding hydrogens is 347 g/mol. The van der Waals surface area contributed by atoms with Crippen LogP contribution in [0.25, 0.3) is 0 Å². The summed E-state index contributed by atoms with van der Waals surface area (Å²) in [4.78, 5) is 16.1. The van der Waals surface area contributed by atoms with Crippen LogP contribution in [0, 0.1) is 5.82 Å². The molecule has 0 saturated heterocycles. The highest BCUT2D eigenvalue weighted by Crippen LogP contribution is 2.24.